The summed E-state index contributed by atoms with van der Waals surface area (Å²) in [4.78, 5) is 17.1. The second-order valence-corrected chi connectivity index (χ2v) is 9.25. The molecule has 0 radical (unpaired) electrons. The maximum atomic E-state index is 12.8. The molecule has 0 fully saturated rings. The third kappa shape index (κ3) is 4.54. The first-order valence-corrected chi connectivity index (χ1v) is 11.3. The minimum Gasteiger partial charge on any atom is -0.496 e. The zero-order valence-corrected chi connectivity index (χ0v) is 19.5. The van der Waals surface area contributed by atoms with Crippen LogP contribution in [0.25, 0.3) is 6.08 Å². The lowest BCUT2D eigenvalue weighted by Gasteiger charge is -2.34. The average molecular weight is 419 g/mol. The lowest BCUT2D eigenvalue weighted by Crippen LogP contribution is -2.34. The molecule has 4 nitrogen and oxygen atoms in total. The van der Waals surface area contributed by atoms with Crippen LogP contribution in [0.1, 0.15) is 51.3 Å². The molecule has 0 bridgehead atoms. The SMILES string of the molecule is COc1cc2c(cc1C)[C@@H](CN(C)CCCN1C=Cc3cc(C)c(C)cc3CC1=O)C2. The minimum absolute atomic E-state index is 0.193. The van der Waals surface area contributed by atoms with Crippen LogP contribution in [0.5, 0.6) is 5.75 Å². The normalized spacial score (nSPS) is 17.3. The second kappa shape index (κ2) is 8.88. The molecule has 1 aliphatic heterocycles. The Labute approximate surface area is 186 Å². The molecule has 4 rings (SSSR count). The van der Waals surface area contributed by atoms with Gasteiger partial charge < -0.3 is 14.5 Å². The van der Waals surface area contributed by atoms with Crippen molar-refractivity contribution in [3.05, 3.63) is 69.4 Å². The lowest BCUT2D eigenvalue weighted by atomic mass is 9.76. The number of likely N-dealkylation sites (N-methyl/N-ethyl adjacent to an activating group) is 1. The third-order valence-electron chi connectivity index (χ3n) is 6.89. The summed E-state index contributed by atoms with van der Waals surface area (Å²) in [7, 11) is 3.93. The van der Waals surface area contributed by atoms with Gasteiger partial charge in [0.1, 0.15) is 5.75 Å². The van der Waals surface area contributed by atoms with Crippen LogP contribution in [0, 0.1) is 20.8 Å². The van der Waals surface area contributed by atoms with E-state index in [9.17, 15) is 4.79 Å². The van der Waals surface area contributed by atoms with Crippen LogP contribution in [0.15, 0.2) is 30.5 Å². The quantitative estimate of drug-likeness (QED) is 0.657. The van der Waals surface area contributed by atoms with Gasteiger partial charge in [-0.25, -0.2) is 0 Å². The van der Waals surface area contributed by atoms with Crippen LogP contribution in [-0.2, 0) is 17.6 Å². The number of carbonyl (C=O) groups excluding carboxylic acids is 1. The van der Waals surface area contributed by atoms with Gasteiger partial charge in [-0.15, -0.1) is 0 Å². The molecule has 0 saturated heterocycles. The zero-order valence-electron chi connectivity index (χ0n) is 19.5. The molecular formula is C27H34N2O2. The van der Waals surface area contributed by atoms with E-state index < -0.39 is 0 Å². The van der Waals surface area contributed by atoms with E-state index in [4.69, 9.17) is 4.74 Å². The van der Waals surface area contributed by atoms with Gasteiger partial charge in [-0.05, 0) is 98.3 Å². The summed E-state index contributed by atoms with van der Waals surface area (Å²) in [6.45, 7) is 9.17. The van der Waals surface area contributed by atoms with Gasteiger partial charge in [-0.3, -0.25) is 4.79 Å². The van der Waals surface area contributed by atoms with Gasteiger partial charge in [0.15, 0.2) is 0 Å². The first-order valence-electron chi connectivity index (χ1n) is 11.3. The predicted octanol–water partition coefficient (Wildman–Crippen LogP) is 4.64. The van der Waals surface area contributed by atoms with Crippen molar-refractivity contribution in [2.75, 3.05) is 33.8 Å². The third-order valence-corrected chi connectivity index (χ3v) is 6.89. The Morgan fingerprint density at radius 2 is 1.84 bits per heavy atom. The molecule has 0 spiro atoms. The van der Waals surface area contributed by atoms with Crippen LogP contribution in [0.3, 0.4) is 0 Å². The summed E-state index contributed by atoms with van der Waals surface area (Å²) in [5.74, 6) is 1.79. The number of amides is 1. The summed E-state index contributed by atoms with van der Waals surface area (Å²) in [5, 5.41) is 0. The summed E-state index contributed by atoms with van der Waals surface area (Å²) in [6.07, 6.45) is 6.66. The average Bonchev–Trinajstić information content (AvgIpc) is 2.87. The molecule has 4 heteroatoms. The number of ether oxygens (including phenoxy) is 1. The largest absolute Gasteiger partial charge is 0.496 e. The van der Waals surface area contributed by atoms with Crippen molar-refractivity contribution in [2.24, 2.45) is 0 Å². The highest BCUT2D eigenvalue weighted by molar-refractivity contribution is 5.83. The molecule has 1 aliphatic carbocycles. The maximum Gasteiger partial charge on any atom is 0.230 e. The number of hydrogen-bond donors (Lipinski definition) is 0. The molecule has 0 unspecified atom stereocenters. The van der Waals surface area contributed by atoms with E-state index in [-0.39, 0.29) is 5.91 Å². The van der Waals surface area contributed by atoms with Crippen LogP contribution < -0.4 is 4.74 Å². The van der Waals surface area contributed by atoms with Crippen molar-refractivity contribution in [3.8, 4) is 5.75 Å². The summed E-state index contributed by atoms with van der Waals surface area (Å²) in [5.41, 5.74) is 8.95. The van der Waals surface area contributed by atoms with Gasteiger partial charge in [0.2, 0.25) is 5.91 Å². The van der Waals surface area contributed by atoms with E-state index in [0.717, 1.165) is 43.8 Å². The lowest BCUT2D eigenvalue weighted by molar-refractivity contribution is -0.127. The molecule has 0 aromatic heterocycles. The zero-order chi connectivity index (χ0) is 22.1. The Morgan fingerprint density at radius 1 is 1.06 bits per heavy atom. The highest BCUT2D eigenvalue weighted by atomic mass is 16.5. The van der Waals surface area contributed by atoms with Crippen molar-refractivity contribution < 1.29 is 9.53 Å². The van der Waals surface area contributed by atoms with Gasteiger partial charge in [0.25, 0.3) is 0 Å². The first kappa shape index (κ1) is 21.6. The number of methoxy groups -OCH3 is 1. The molecule has 1 amide bonds. The van der Waals surface area contributed by atoms with Crippen LogP contribution in [0.4, 0.5) is 0 Å². The highest BCUT2D eigenvalue weighted by Gasteiger charge is 2.28. The molecule has 2 aromatic carbocycles. The Hall–Kier alpha value is -2.59. The molecule has 1 atom stereocenters. The van der Waals surface area contributed by atoms with Gasteiger partial charge in [0, 0.05) is 25.2 Å². The van der Waals surface area contributed by atoms with E-state index in [1.807, 2.05) is 11.1 Å². The fraction of sp³-hybridized carbons (Fsp3) is 0.444. The number of nitrogens with zero attached hydrogens (tertiary/aromatic N) is 2. The second-order valence-electron chi connectivity index (χ2n) is 9.25. The van der Waals surface area contributed by atoms with Crippen LogP contribution >= 0.6 is 0 Å². The van der Waals surface area contributed by atoms with Crippen molar-refractivity contribution in [1.82, 2.24) is 9.80 Å². The molecule has 1 heterocycles. The fourth-order valence-electron chi connectivity index (χ4n) is 4.84. The molecule has 31 heavy (non-hydrogen) atoms. The number of benzene rings is 2. The predicted molar refractivity (Wildman–Crippen MR) is 127 cm³/mol. The highest BCUT2D eigenvalue weighted by Crippen LogP contribution is 2.39. The van der Waals surface area contributed by atoms with Crippen LogP contribution in [0.2, 0.25) is 0 Å². The van der Waals surface area contributed by atoms with Gasteiger partial charge in [-0.2, -0.15) is 0 Å². The topological polar surface area (TPSA) is 32.8 Å². The van der Waals surface area contributed by atoms with E-state index in [1.165, 1.54) is 33.4 Å². The summed E-state index contributed by atoms with van der Waals surface area (Å²) in [6, 6.07) is 8.84. The molecular weight excluding hydrogens is 384 g/mol. The maximum absolute atomic E-state index is 12.8. The number of hydrogen-bond acceptors (Lipinski definition) is 3. The smallest absolute Gasteiger partial charge is 0.230 e. The molecule has 0 N–H and O–H groups in total. The van der Waals surface area contributed by atoms with Gasteiger partial charge in [-0.1, -0.05) is 18.2 Å². The summed E-state index contributed by atoms with van der Waals surface area (Å²) >= 11 is 0. The summed E-state index contributed by atoms with van der Waals surface area (Å²) < 4.78 is 5.44. The Bertz CT molecular complexity index is 1020. The van der Waals surface area contributed by atoms with Crippen molar-refractivity contribution in [2.45, 2.75) is 46.0 Å². The van der Waals surface area contributed by atoms with Gasteiger partial charge in [0.05, 0.1) is 13.5 Å². The van der Waals surface area contributed by atoms with Gasteiger partial charge >= 0.3 is 0 Å². The Morgan fingerprint density at radius 3 is 2.61 bits per heavy atom. The molecule has 2 aromatic rings. The van der Waals surface area contributed by atoms with Crippen molar-refractivity contribution in [1.29, 1.82) is 0 Å². The molecule has 0 saturated carbocycles. The fourth-order valence-corrected chi connectivity index (χ4v) is 4.84. The number of rotatable bonds is 7. The molecule has 2 aliphatic rings. The number of aryl methyl sites for hydroxylation is 3. The van der Waals surface area contributed by atoms with E-state index in [1.54, 1.807) is 7.11 Å². The monoisotopic (exact) mass is 418 g/mol. The van der Waals surface area contributed by atoms with E-state index >= 15 is 0 Å². The number of fused-ring (bicyclic) bond motifs is 2. The van der Waals surface area contributed by atoms with Crippen molar-refractivity contribution in [3.63, 3.8) is 0 Å². The Balaban J connectivity index is 1.28. The first-order chi connectivity index (χ1) is 14.9. The van der Waals surface area contributed by atoms with Crippen LogP contribution in [-0.4, -0.2) is 49.5 Å². The standard InChI is InChI=1S/C27H34N2O2/c1-18-11-21-7-10-29(27(30)16-22(21)12-19(18)2)9-6-8-28(4)17-24-14-23-15-26(31-5)20(3)13-25(23)24/h7,10-13,15,24H,6,8-9,14,16-17H2,1-5H3/t24-/m1/s1. The Kier molecular flexibility index (Phi) is 6.19. The number of carbonyl (C=O) groups is 1. The van der Waals surface area contributed by atoms with E-state index in [2.05, 4.69) is 63.1 Å². The van der Waals surface area contributed by atoms with Crippen molar-refractivity contribution >= 4 is 12.0 Å². The van der Waals surface area contributed by atoms with E-state index in [0.29, 0.717) is 12.3 Å². The molecule has 164 valence electrons. The minimum atomic E-state index is 0.193.